The molecule has 0 atom stereocenters. The molecule has 6 nitrogen and oxygen atoms in total. The third-order valence-corrected chi connectivity index (χ3v) is 9.66. The summed E-state index contributed by atoms with van der Waals surface area (Å²) in [6.07, 6.45) is 3.79. The molecule has 0 saturated heterocycles. The van der Waals surface area contributed by atoms with Crippen molar-refractivity contribution >= 4 is 46.4 Å². The van der Waals surface area contributed by atoms with Gasteiger partial charge in [-0.2, -0.15) is 0 Å². The molecule has 0 saturated carbocycles. The number of pyridine rings is 1. The zero-order valence-electron chi connectivity index (χ0n) is 29.0. The highest BCUT2D eigenvalue weighted by atomic mass is 16.5. The molecule has 0 N–H and O–H groups in total. The fraction of sp³-hybridized carbons (Fsp3) is 0.114. The lowest BCUT2D eigenvalue weighted by molar-refractivity contribution is 0.434. The monoisotopic (exact) mass is 662 g/mol. The Morgan fingerprint density at radius 2 is 1.37 bits per heavy atom. The Hall–Kier alpha value is -6.21. The first-order valence-electron chi connectivity index (χ1n) is 17.3. The number of nitrogens with zero attached hydrogens (tertiary/aromatic N) is 4. The Kier molecular flexibility index (Phi) is 7.25. The fourth-order valence-corrected chi connectivity index (χ4v) is 7.13. The second-order valence-corrected chi connectivity index (χ2v) is 14.1. The topological polar surface area (TPSA) is 61.0 Å². The average Bonchev–Trinajstić information content (AvgIpc) is 3.47. The summed E-state index contributed by atoms with van der Waals surface area (Å²) in [6, 6.07) is 44.0. The normalized spacial score (nSPS) is 15.0. The Morgan fingerprint density at radius 1 is 0.667 bits per heavy atom. The Morgan fingerprint density at radius 3 is 2.20 bits per heavy atom. The molecule has 2 aromatic heterocycles. The van der Waals surface area contributed by atoms with Crippen LogP contribution in [0.5, 0.6) is 11.5 Å². The lowest BCUT2D eigenvalue weighted by atomic mass is 9.84. The molecule has 4 heterocycles. The number of rotatable bonds is 4. The molecule has 2 aliphatic heterocycles. The van der Waals surface area contributed by atoms with Crippen LogP contribution in [-0.2, 0) is 10.1 Å². The molecule has 0 bridgehead atoms. The first-order valence-corrected chi connectivity index (χ1v) is 17.3. The third kappa shape index (κ3) is 5.42. The van der Waals surface area contributed by atoms with E-state index in [4.69, 9.17) is 19.4 Å². The molecule has 0 unspecified atom stereocenters. The maximum atomic E-state index is 6.65. The number of hydrogen-bond acceptors (Lipinski definition) is 5. The highest BCUT2D eigenvalue weighted by Gasteiger charge is 2.27. The van der Waals surface area contributed by atoms with E-state index in [-0.39, 0.29) is 12.5 Å². The van der Waals surface area contributed by atoms with Gasteiger partial charge in [0.05, 0.1) is 22.3 Å². The van der Waals surface area contributed by atoms with E-state index in [0.717, 1.165) is 67.1 Å². The standard InChI is InChI=1S/C44H35BN4O2/c1-44(2,3)29-22-23-46-41(25-29)49-39-19-10-9-17-35(39)36-21-20-31(26-40(36)49)50-30-13-11-12-28(24-30)42-37-18-8-7-15-33(37)32-14-5-6-16-34(32)38-27-47-45(4)51-43(38)48-42/h5-27H,1-4H3/b33-32?,38-34?,42-37?,48-42-,48-43?. The van der Waals surface area contributed by atoms with Crippen molar-refractivity contribution in [2.24, 2.45) is 9.90 Å². The van der Waals surface area contributed by atoms with Crippen molar-refractivity contribution in [3.8, 4) is 28.4 Å². The third-order valence-electron chi connectivity index (χ3n) is 9.66. The summed E-state index contributed by atoms with van der Waals surface area (Å²) in [4.78, 5) is 14.6. The van der Waals surface area contributed by atoms with Gasteiger partial charge in [0.1, 0.15) is 17.3 Å². The van der Waals surface area contributed by atoms with Crippen molar-refractivity contribution in [1.29, 1.82) is 0 Å². The number of benzene rings is 5. The molecular weight excluding hydrogens is 627 g/mol. The van der Waals surface area contributed by atoms with E-state index in [1.807, 2.05) is 43.5 Å². The van der Waals surface area contributed by atoms with Crippen molar-refractivity contribution in [3.05, 3.63) is 162 Å². The summed E-state index contributed by atoms with van der Waals surface area (Å²) in [5, 5.41) is 2.31. The van der Waals surface area contributed by atoms with E-state index in [1.54, 1.807) is 0 Å². The highest BCUT2D eigenvalue weighted by molar-refractivity contribution is 6.52. The van der Waals surface area contributed by atoms with Gasteiger partial charge in [-0.3, -0.25) is 4.57 Å². The second kappa shape index (κ2) is 12.0. The van der Waals surface area contributed by atoms with Crippen LogP contribution in [0.1, 0.15) is 43.0 Å². The van der Waals surface area contributed by atoms with Gasteiger partial charge in [-0.05, 0) is 77.0 Å². The van der Waals surface area contributed by atoms with Crippen molar-refractivity contribution in [2.45, 2.75) is 33.0 Å². The van der Waals surface area contributed by atoms with Crippen molar-refractivity contribution in [2.75, 3.05) is 0 Å². The average molecular weight is 663 g/mol. The Balaban J connectivity index is 1.16. The minimum absolute atomic E-state index is 0.00648. The van der Waals surface area contributed by atoms with E-state index in [0.29, 0.717) is 11.6 Å². The predicted octanol–water partition coefficient (Wildman–Crippen LogP) is 10.7. The van der Waals surface area contributed by atoms with Crippen LogP contribution in [-0.4, -0.2) is 28.5 Å². The van der Waals surface area contributed by atoms with E-state index >= 15 is 0 Å². The van der Waals surface area contributed by atoms with Crippen LogP contribution in [0, 0.1) is 0 Å². The lowest BCUT2D eigenvalue weighted by Crippen LogP contribution is -2.19. The summed E-state index contributed by atoms with van der Waals surface area (Å²) in [5.41, 5.74) is 10.2. The Bertz CT molecular complexity index is 2610. The molecule has 0 radical (unpaired) electrons. The number of ether oxygens (including phenoxy) is 1. The summed E-state index contributed by atoms with van der Waals surface area (Å²) < 4.78 is 15.2. The smallest absolute Gasteiger partial charge is 0.498 e. The quantitative estimate of drug-likeness (QED) is 0.176. The first kappa shape index (κ1) is 30.8. The molecule has 5 aromatic carbocycles. The van der Waals surface area contributed by atoms with Crippen LogP contribution < -0.4 is 4.74 Å². The zero-order chi connectivity index (χ0) is 34.7. The number of allylic oxidation sites excluding steroid dienone is 1. The van der Waals surface area contributed by atoms with Crippen LogP contribution in [0.4, 0.5) is 0 Å². The van der Waals surface area contributed by atoms with Gasteiger partial charge in [0.25, 0.3) is 0 Å². The first-order chi connectivity index (χ1) is 24.8. The molecule has 246 valence electrons. The van der Waals surface area contributed by atoms with Crippen LogP contribution in [0.15, 0.2) is 149 Å². The molecule has 7 heteroatoms. The van der Waals surface area contributed by atoms with Gasteiger partial charge in [-0.15, -0.1) is 0 Å². The summed E-state index contributed by atoms with van der Waals surface area (Å²) in [7, 11) is -0.332. The summed E-state index contributed by atoms with van der Waals surface area (Å²) in [6.45, 7) is 8.61. The van der Waals surface area contributed by atoms with E-state index in [9.17, 15) is 0 Å². The SMILES string of the molecule is CB1N=CC2=C(/N=C(/c3cccc(Oc4ccc5c6ccccc6n(-c6cc(C(C)(C)C)ccn6)c5c4)c3)c3ccccc3-c3ccccc32)O1. The van der Waals surface area contributed by atoms with Crippen molar-refractivity contribution in [3.63, 3.8) is 0 Å². The molecule has 2 aliphatic rings. The maximum Gasteiger partial charge on any atom is 0.498 e. The van der Waals surface area contributed by atoms with E-state index < -0.39 is 0 Å². The predicted molar refractivity (Wildman–Crippen MR) is 209 cm³/mol. The van der Waals surface area contributed by atoms with Gasteiger partial charge in [0.15, 0.2) is 0 Å². The molecule has 0 spiro atoms. The molecule has 9 rings (SSSR count). The van der Waals surface area contributed by atoms with E-state index in [2.05, 4.69) is 133 Å². The molecular formula is C44H35BN4O2. The van der Waals surface area contributed by atoms with E-state index in [1.165, 1.54) is 10.9 Å². The fourth-order valence-electron chi connectivity index (χ4n) is 7.13. The molecule has 0 aliphatic carbocycles. The van der Waals surface area contributed by atoms with Gasteiger partial charge < -0.3 is 14.3 Å². The van der Waals surface area contributed by atoms with Crippen LogP contribution in [0.2, 0.25) is 6.82 Å². The second-order valence-electron chi connectivity index (χ2n) is 14.1. The largest absolute Gasteiger partial charge is 0.526 e. The number of fused-ring (bicyclic) bond motifs is 7. The van der Waals surface area contributed by atoms with Gasteiger partial charge >= 0.3 is 7.05 Å². The highest BCUT2D eigenvalue weighted by Crippen LogP contribution is 2.39. The minimum Gasteiger partial charge on any atom is -0.526 e. The summed E-state index contributed by atoms with van der Waals surface area (Å²) >= 11 is 0. The number of hydrogen-bond donors (Lipinski definition) is 0. The lowest BCUT2D eigenvalue weighted by Gasteiger charge is -2.24. The summed E-state index contributed by atoms with van der Waals surface area (Å²) in [5.74, 6) is 2.88. The molecule has 0 fully saturated rings. The van der Waals surface area contributed by atoms with Gasteiger partial charge in [0, 0.05) is 40.4 Å². The zero-order valence-corrected chi connectivity index (χ0v) is 29.0. The van der Waals surface area contributed by atoms with Gasteiger partial charge in [-0.25, -0.2) is 9.98 Å². The molecule has 0 amide bonds. The minimum atomic E-state index is -0.332. The maximum absolute atomic E-state index is 6.65. The van der Waals surface area contributed by atoms with Crippen LogP contribution in [0.25, 0.3) is 44.3 Å². The van der Waals surface area contributed by atoms with Gasteiger partial charge in [0.2, 0.25) is 5.88 Å². The number of aromatic nitrogens is 2. The van der Waals surface area contributed by atoms with Crippen molar-refractivity contribution in [1.82, 2.24) is 9.55 Å². The van der Waals surface area contributed by atoms with Crippen LogP contribution in [0.3, 0.4) is 0 Å². The number of para-hydroxylation sites is 1. The van der Waals surface area contributed by atoms with Crippen LogP contribution >= 0.6 is 0 Å². The van der Waals surface area contributed by atoms with Gasteiger partial charge in [-0.1, -0.05) is 99.6 Å². The Labute approximate surface area is 297 Å². The molecule has 7 aromatic rings. The number of aliphatic imine (C=N–C) groups is 1. The van der Waals surface area contributed by atoms with Crippen molar-refractivity contribution < 1.29 is 9.39 Å². The molecule has 51 heavy (non-hydrogen) atoms.